The Bertz CT molecular complexity index is 1050. The second-order valence-corrected chi connectivity index (χ2v) is 5.63. The van der Waals surface area contributed by atoms with Gasteiger partial charge in [-0.05, 0) is 39.1 Å². The standard InChI is InChI=1S/C21H16O2/c1-2-21(22)23-20-9-5-8-16-18-11-10-14-6-3-4-7-15(14)17(18)12-13-19(16)20/h3-13H,2H2,1H3. The predicted octanol–water partition coefficient (Wildman–Crippen LogP) is 5.46. The van der Waals surface area contributed by atoms with Gasteiger partial charge in [0.2, 0.25) is 0 Å². The van der Waals surface area contributed by atoms with Crippen LogP contribution < -0.4 is 4.74 Å². The van der Waals surface area contributed by atoms with Crippen molar-refractivity contribution >= 4 is 38.3 Å². The van der Waals surface area contributed by atoms with Crippen LogP contribution in [0.5, 0.6) is 5.75 Å². The Morgan fingerprint density at radius 2 is 1.39 bits per heavy atom. The Kier molecular flexibility index (Phi) is 3.23. The maximum absolute atomic E-state index is 11.6. The molecular weight excluding hydrogens is 284 g/mol. The second kappa shape index (κ2) is 5.40. The van der Waals surface area contributed by atoms with E-state index in [0.717, 1.165) is 10.8 Å². The molecule has 0 spiro atoms. The molecule has 23 heavy (non-hydrogen) atoms. The van der Waals surface area contributed by atoms with E-state index < -0.39 is 0 Å². The van der Waals surface area contributed by atoms with Crippen LogP contribution in [0.25, 0.3) is 32.3 Å². The zero-order valence-electron chi connectivity index (χ0n) is 12.9. The first-order chi connectivity index (χ1) is 11.3. The van der Waals surface area contributed by atoms with E-state index in [4.69, 9.17) is 4.74 Å². The minimum Gasteiger partial charge on any atom is -0.426 e. The third-order valence-corrected chi connectivity index (χ3v) is 4.26. The van der Waals surface area contributed by atoms with Crippen LogP contribution in [0, 0.1) is 0 Å². The average molecular weight is 300 g/mol. The topological polar surface area (TPSA) is 26.3 Å². The van der Waals surface area contributed by atoms with E-state index in [9.17, 15) is 4.79 Å². The summed E-state index contributed by atoms with van der Waals surface area (Å²) in [4.78, 5) is 11.6. The molecule has 4 aromatic carbocycles. The highest BCUT2D eigenvalue weighted by atomic mass is 16.5. The largest absolute Gasteiger partial charge is 0.426 e. The first-order valence-electron chi connectivity index (χ1n) is 7.82. The molecule has 0 saturated heterocycles. The third kappa shape index (κ3) is 2.23. The summed E-state index contributed by atoms with van der Waals surface area (Å²) in [5.41, 5.74) is 0. The van der Waals surface area contributed by atoms with Gasteiger partial charge in [-0.25, -0.2) is 0 Å². The molecule has 0 aliphatic rings. The highest BCUT2D eigenvalue weighted by Gasteiger charge is 2.09. The van der Waals surface area contributed by atoms with Gasteiger partial charge in [0, 0.05) is 11.8 Å². The minimum absolute atomic E-state index is 0.212. The van der Waals surface area contributed by atoms with Gasteiger partial charge >= 0.3 is 5.97 Å². The van der Waals surface area contributed by atoms with E-state index in [2.05, 4.69) is 48.5 Å². The fourth-order valence-electron chi connectivity index (χ4n) is 3.11. The normalized spacial score (nSPS) is 11.2. The summed E-state index contributed by atoms with van der Waals surface area (Å²) in [5.74, 6) is 0.417. The summed E-state index contributed by atoms with van der Waals surface area (Å²) in [6.07, 6.45) is 0.370. The molecule has 0 aliphatic carbocycles. The van der Waals surface area contributed by atoms with E-state index in [0.29, 0.717) is 12.2 Å². The Morgan fingerprint density at radius 1 is 0.739 bits per heavy atom. The van der Waals surface area contributed by atoms with Gasteiger partial charge in [0.1, 0.15) is 5.75 Å². The summed E-state index contributed by atoms with van der Waals surface area (Å²) in [5, 5.41) is 6.94. The Balaban J connectivity index is 2.04. The van der Waals surface area contributed by atoms with Gasteiger partial charge in [0.15, 0.2) is 0 Å². The molecule has 0 radical (unpaired) electrons. The second-order valence-electron chi connectivity index (χ2n) is 5.63. The van der Waals surface area contributed by atoms with Crippen molar-refractivity contribution in [1.82, 2.24) is 0 Å². The van der Waals surface area contributed by atoms with Crippen LogP contribution in [0.15, 0.2) is 66.7 Å². The number of ether oxygens (including phenoxy) is 1. The van der Waals surface area contributed by atoms with Crippen LogP contribution in [0.2, 0.25) is 0 Å². The monoisotopic (exact) mass is 300 g/mol. The zero-order chi connectivity index (χ0) is 15.8. The number of carbonyl (C=O) groups is 1. The van der Waals surface area contributed by atoms with Crippen molar-refractivity contribution in [2.75, 3.05) is 0 Å². The molecule has 0 heterocycles. The van der Waals surface area contributed by atoms with Crippen LogP contribution in [-0.2, 0) is 4.79 Å². The van der Waals surface area contributed by atoms with Crippen molar-refractivity contribution in [3.8, 4) is 5.75 Å². The quantitative estimate of drug-likeness (QED) is 0.279. The highest BCUT2D eigenvalue weighted by Crippen LogP contribution is 2.35. The predicted molar refractivity (Wildman–Crippen MR) is 94.9 cm³/mol. The Morgan fingerprint density at radius 3 is 2.26 bits per heavy atom. The van der Waals surface area contributed by atoms with Gasteiger partial charge < -0.3 is 4.74 Å². The van der Waals surface area contributed by atoms with Gasteiger partial charge in [-0.2, -0.15) is 0 Å². The van der Waals surface area contributed by atoms with E-state index in [1.165, 1.54) is 21.5 Å². The first kappa shape index (κ1) is 13.8. The van der Waals surface area contributed by atoms with Gasteiger partial charge in [-0.1, -0.05) is 61.5 Å². The molecule has 112 valence electrons. The van der Waals surface area contributed by atoms with Crippen LogP contribution in [0.1, 0.15) is 13.3 Å². The molecule has 2 nitrogen and oxygen atoms in total. The number of rotatable bonds is 2. The van der Waals surface area contributed by atoms with Crippen LogP contribution in [-0.4, -0.2) is 5.97 Å². The van der Waals surface area contributed by atoms with Gasteiger partial charge in [0.05, 0.1) is 0 Å². The molecular formula is C21H16O2. The summed E-state index contributed by atoms with van der Waals surface area (Å²) >= 11 is 0. The molecule has 0 atom stereocenters. The van der Waals surface area contributed by atoms with Crippen molar-refractivity contribution in [2.24, 2.45) is 0 Å². The molecule has 4 rings (SSSR count). The number of carbonyl (C=O) groups excluding carboxylic acids is 1. The van der Waals surface area contributed by atoms with Crippen molar-refractivity contribution in [1.29, 1.82) is 0 Å². The molecule has 0 N–H and O–H groups in total. The number of benzene rings is 4. The molecule has 2 heteroatoms. The fraction of sp³-hybridized carbons (Fsp3) is 0.0952. The van der Waals surface area contributed by atoms with Gasteiger partial charge in [-0.3, -0.25) is 4.79 Å². The van der Waals surface area contributed by atoms with Crippen molar-refractivity contribution < 1.29 is 9.53 Å². The summed E-state index contributed by atoms with van der Waals surface area (Å²) in [6.45, 7) is 1.80. The van der Waals surface area contributed by atoms with E-state index in [1.807, 2.05) is 18.2 Å². The Hall–Kier alpha value is -2.87. The maximum atomic E-state index is 11.6. The smallest absolute Gasteiger partial charge is 0.310 e. The van der Waals surface area contributed by atoms with E-state index in [1.54, 1.807) is 6.92 Å². The molecule has 0 bridgehead atoms. The molecule has 0 aromatic heterocycles. The third-order valence-electron chi connectivity index (χ3n) is 4.26. The minimum atomic E-state index is -0.212. The lowest BCUT2D eigenvalue weighted by Gasteiger charge is -2.11. The molecule has 0 fully saturated rings. The number of hydrogen-bond acceptors (Lipinski definition) is 2. The number of hydrogen-bond donors (Lipinski definition) is 0. The van der Waals surface area contributed by atoms with Crippen LogP contribution >= 0.6 is 0 Å². The van der Waals surface area contributed by atoms with Gasteiger partial charge in [-0.15, -0.1) is 0 Å². The zero-order valence-corrected chi connectivity index (χ0v) is 12.9. The van der Waals surface area contributed by atoms with Crippen molar-refractivity contribution in [3.63, 3.8) is 0 Å². The van der Waals surface area contributed by atoms with Crippen molar-refractivity contribution in [2.45, 2.75) is 13.3 Å². The van der Waals surface area contributed by atoms with Crippen LogP contribution in [0.4, 0.5) is 0 Å². The summed E-state index contributed by atoms with van der Waals surface area (Å²) in [7, 11) is 0. The SMILES string of the molecule is CCC(=O)Oc1cccc2c1ccc1c3ccccc3ccc21. The lowest BCUT2D eigenvalue weighted by molar-refractivity contribution is -0.133. The highest BCUT2D eigenvalue weighted by molar-refractivity contribution is 6.18. The summed E-state index contributed by atoms with van der Waals surface area (Å²) < 4.78 is 5.47. The number of fused-ring (bicyclic) bond motifs is 5. The fourth-order valence-corrected chi connectivity index (χ4v) is 3.11. The average Bonchev–Trinajstić information content (AvgIpc) is 2.61. The first-order valence-corrected chi connectivity index (χ1v) is 7.82. The molecule has 0 aliphatic heterocycles. The molecule has 0 amide bonds. The maximum Gasteiger partial charge on any atom is 0.310 e. The lowest BCUT2D eigenvalue weighted by Crippen LogP contribution is -2.05. The lowest BCUT2D eigenvalue weighted by atomic mass is 9.97. The van der Waals surface area contributed by atoms with Gasteiger partial charge in [0.25, 0.3) is 0 Å². The molecule has 4 aromatic rings. The molecule has 0 unspecified atom stereocenters. The molecule has 0 saturated carbocycles. The summed E-state index contributed by atoms with van der Waals surface area (Å²) in [6, 6.07) is 22.7. The van der Waals surface area contributed by atoms with E-state index in [-0.39, 0.29) is 5.97 Å². The number of esters is 1. The van der Waals surface area contributed by atoms with E-state index >= 15 is 0 Å². The Labute approximate surface area is 134 Å². The van der Waals surface area contributed by atoms with Crippen molar-refractivity contribution in [3.05, 3.63) is 66.7 Å². The van der Waals surface area contributed by atoms with Crippen LogP contribution in [0.3, 0.4) is 0 Å².